The summed E-state index contributed by atoms with van der Waals surface area (Å²) in [6.07, 6.45) is 8.70. The summed E-state index contributed by atoms with van der Waals surface area (Å²) >= 11 is 0. The molecule has 1 aliphatic carbocycles. The normalized spacial score (nSPS) is 20.9. The Morgan fingerprint density at radius 1 is 1.12 bits per heavy atom. The van der Waals surface area contributed by atoms with Crippen molar-refractivity contribution in [1.29, 1.82) is 0 Å². The highest BCUT2D eigenvalue weighted by atomic mass is 19.1. The second kappa shape index (κ2) is 8.61. The third-order valence-corrected chi connectivity index (χ3v) is 5.66. The zero-order chi connectivity index (χ0) is 16.8. The number of hydrogen-bond donors (Lipinski definition) is 2. The minimum absolute atomic E-state index is 0.0358. The summed E-state index contributed by atoms with van der Waals surface area (Å²) in [7, 11) is 0. The molecule has 1 saturated carbocycles. The maximum atomic E-state index is 13.2. The minimum Gasteiger partial charge on any atom is -0.349 e. The molecule has 0 radical (unpaired) electrons. The highest BCUT2D eigenvalue weighted by molar-refractivity contribution is 5.76. The Labute approximate surface area is 144 Å². The number of amides is 1. The van der Waals surface area contributed by atoms with Crippen LogP contribution in [0.25, 0.3) is 0 Å². The van der Waals surface area contributed by atoms with E-state index >= 15 is 0 Å². The summed E-state index contributed by atoms with van der Waals surface area (Å²) < 4.78 is 13.2. The van der Waals surface area contributed by atoms with Crippen LogP contribution < -0.4 is 10.6 Å². The largest absolute Gasteiger partial charge is 0.349 e. The molecule has 1 unspecified atom stereocenters. The summed E-state index contributed by atoms with van der Waals surface area (Å²) in [5.74, 6) is 1.09. The molecule has 0 aromatic heterocycles. The molecule has 1 heterocycles. The van der Waals surface area contributed by atoms with Crippen LogP contribution in [0.3, 0.4) is 0 Å². The molecule has 0 bridgehead atoms. The number of carbonyl (C=O) groups excluding carboxylic acids is 1. The van der Waals surface area contributed by atoms with E-state index in [9.17, 15) is 9.18 Å². The molecular formula is C20H29FN2O. The maximum Gasteiger partial charge on any atom is 0.220 e. The van der Waals surface area contributed by atoms with Crippen LogP contribution in [0.4, 0.5) is 4.39 Å². The number of nitrogens with one attached hydrogen (secondary N) is 2. The van der Waals surface area contributed by atoms with Gasteiger partial charge in [0.05, 0.1) is 6.04 Å². The average molecular weight is 332 g/mol. The fourth-order valence-electron chi connectivity index (χ4n) is 4.19. The number of carbonyl (C=O) groups is 1. The molecular weight excluding hydrogens is 303 g/mol. The van der Waals surface area contributed by atoms with Crippen molar-refractivity contribution in [2.75, 3.05) is 13.1 Å². The molecule has 2 fully saturated rings. The Kier molecular flexibility index (Phi) is 6.24. The second-order valence-electron chi connectivity index (χ2n) is 7.37. The van der Waals surface area contributed by atoms with Gasteiger partial charge < -0.3 is 10.6 Å². The van der Waals surface area contributed by atoms with Gasteiger partial charge in [0.25, 0.3) is 0 Å². The monoisotopic (exact) mass is 332 g/mol. The molecule has 3 rings (SSSR count). The number of benzene rings is 1. The van der Waals surface area contributed by atoms with E-state index in [1.807, 2.05) is 12.1 Å². The molecule has 1 aliphatic heterocycles. The van der Waals surface area contributed by atoms with E-state index in [0.717, 1.165) is 37.9 Å². The van der Waals surface area contributed by atoms with Crippen molar-refractivity contribution in [3.8, 4) is 0 Å². The fraction of sp³-hybridized carbons (Fsp3) is 0.650. The summed E-state index contributed by atoms with van der Waals surface area (Å²) in [6.45, 7) is 2.15. The first-order valence-corrected chi connectivity index (χ1v) is 9.48. The first-order chi connectivity index (χ1) is 11.7. The lowest BCUT2D eigenvalue weighted by atomic mass is 9.90. The van der Waals surface area contributed by atoms with Crippen molar-refractivity contribution in [2.24, 2.45) is 11.8 Å². The van der Waals surface area contributed by atoms with E-state index in [0.29, 0.717) is 18.3 Å². The molecule has 0 spiro atoms. The molecule has 3 nitrogen and oxygen atoms in total. The highest BCUT2D eigenvalue weighted by Crippen LogP contribution is 2.36. The first-order valence-electron chi connectivity index (χ1n) is 9.48. The minimum atomic E-state index is -0.221. The maximum absolute atomic E-state index is 13.2. The van der Waals surface area contributed by atoms with Crippen LogP contribution in [0.15, 0.2) is 24.3 Å². The Hall–Kier alpha value is -1.42. The van der Waals surface area contributed by atoms with Gasteiger partial charge in [-0.25, -0.2) is 4.39 Å². The van der Waals surface area contributed by atoms with Gasteiger partial charge in [0.1, 0.15) is 5.82 Å². The van der Waals surface area contributed by atoms with E-state index in [-0.39, 0.29) is 17.8 Å². The van der Waals surface area contributed by atoms with Crippen molar-refractivity contribution in [1.82, 2.24) is 10.6 Å². The summed E-state index contributed by atoms with van der Waals surface area (Å²) in [5, 5.41) is 6.62. The van der Waals surface area contributed by atoms with Crippen LogP contribution in [0.5, 0.6) is 0 Å². The Morgan fingerprint density at radius 3 is 2.46 bits per heavy atom. The molecule has 1 saturated heterocycles. The summed E-state index contributed by atoms with van der Waals surface area (Å²) in [5.41, 5.74) is 1.04. The van der Waals surface area contributed by atoms with Crippen molar-refractivity contribution >= 4 is 5.91 Å². The molecule has 1 atom stereocenters. The molecule has 132 valence electrons. The third kappa shape index (κ3) is 4.79. The zero-order valence-corrected chi connectivity index (χ0v) is 14.4. The molecule has 1 aromatic rings. The van der Waals surface area contributed by atoms with E-state index in [4.69, 9.17) is 0 Å². The van der Waals surface area contributed by atoms with Crippen molar-refractivity contribution in [2.45, 2.75) is 57.4 Å². The van der Waals surface area contributed by atoms with Crippen LogP contribution in [0.1, 0.15) is 63.0 Å². The topological polar surface area (TPSA) is 41.1 Å². The smallest absolute Gasteiger partial charge is 0.220 e. The van der Waals surface area contributed by atoms with Gasteiger partial charge in [-0.3, -0.25) is 4.79 Å². The van der Waals surface area contributed by atoms with Crippen molar-refractivity contribution < 1.29 is 9.18 Å². The van der Waals surface area contributed by atoms with Gasteiger partial charge in [-0.2, -0.15) is 0 Å². The predicted octanol–water partition coefficient (Wildman–Crippen LogP) is 3.95. The lowest BCUT2D eigenvalue weighted by molar-refractivity contribution is -0.122. The van der Waals surface area contributed by atoms with Gasteiger partial charge in [-0.1, -0.05) is 25.0 Å². The van der Waals surface area contributed by atoms with Crippen molar-refractivity contribution in [3.63, 3.8) is 0 Å². The molecule has 1 aromatic carbocycles. The molecule has 24 heavy (non-hydrogen) atoms. The Bertz CT molecular complexity index is 519. The molecule has 4 heteroatoms. The van der Waals surface area contributed by atoms with Gasteiger partial charge in [0, 0.05) is 6.42 Å². The third-order valence-electron chi connectivity index (χ3n) is 5.66. The second-order valence-corrected chi connectivity index (χ2v) is 7.37. The molecule has 1 amide bonds. The molecule has 2 aliphatic rings. The van der Waals surface area contributed by atoms with Crippen LogP contribution >= 0.6 is 0 Å². The summed E-state index contributed by atoms with van der Waals surface area (Å²) in [6, 6.07) is 6.68. The fourth-order valence-corrected chi connectivity index (χ4v) is 4.19. The number of piperidine rings is 1. The Balaban J connectivity index is 1.58. The van der Waals surface area contributed by atoms with E-state index in [1.165, 1.54) is 37.8 Å². The van der Waals surface area contributed by atoms with Gasteiger partial charge >= 0.3 is 0 Å². The van der Waals surface area contributed by atoms with Crippen LogP contribution in [-0.2, 0) is 4.79 Å². The number of rotatable bonds is 6. The number of halogens is 1. The number of hydrogen-bond acceptors (Lipinski definition) is 2. The van der Waals surface area contributed by atoms with E-state index < -0.39 is 0 Å². The first kappa shape index (κ1) is 17.4. The SMILES string of the molecule is O=C(CCC1CCNCC1)NC(c1ccc(F)cc1)C1CCCC1. The van der Waals surface area contributed by atoms with Crippen LogP contribution in [0.2, 0.25) is 0 Å². The Morgan fingerprint density at radius 2 is 1.79 bits per heavy atom. The van der Waals surface area contributed by atoms with E-state index in [1.54, 1.807) is 0 Å². The van der Waals surface area contributed by atoms with E-state index in [2.05, 4.69) is 10.6 Å². The highest BCUT2D eigenvalue weighted by Gasteiger charge is 2.28. The van der Waals surface area contributed by atoms with Crippen LogP contribution in [0, 0.1) is 17.7 Å². The van der Waals surface area contributed by atoms with Gasteiger partial charge in [-0.15, -0.1) is 0 Å². The van der Waals surface area contributed by atoms with Crippen LogP contribution in [-0.4, -0.2) is 19.0 Å². The average Bonchev–Trinajstić information content (AvgIpc) is 3.14. The van der Waals surface area contributed by atoms with Gasteiger partial charge in [-0.05, 0) is 74.7 Å². The van der Waals surface area contributed by atoms with Gasteiger partial charge in [0.15, 0.2) is 0 Å². The summed E-state index contributed by atoms with van der Waals surface area (Å²) in [4.78, 5) is 12.5. The standard InChI is InChI=1S/C20H29FN2O/c21-18-8-6-17(7-9-18)20(16-3-1-2-4-16)23-19(24)10-5-15-11-13-22-14-12-15/h6-9,15-16,20,22H,1-5,10-14H2,(H,23,24). The predicted molar refractivity (Wildman–Crippen MR) is 94.1 cm³/mol. The lowest BCUT2D eigenvalue weighted by Gasteiger charge is -2.26. The van der Waals surface area contributed by atoms with Crippen molar-refractivity contribution in [3.05, 3.63) is 35.6 Å². The zero-order valence-electron chi connectivity index (χ0n) is 14.4. The molecule has 2 N–H and O–H groups in total. The van der Waals surface area contributed by atoms with Gasteiger partial charge in [0.2, 0.25) is 5.91 Å². The quantitative estimate of drug-likeness (QED) is 0.828. The lowest BCUT2D eigenvalue weighted by Crippen LogP contribution is -2.33.